The molecule has 1 amide bonds. The van der Waals surface area contributed by atoms with Crippen molar-refractivity contribution in [3.63, 3.8) is 0 Å². The molecule has 2 rings (SSSR count). The van der Waals surface area contributed by atoms with Crippen LogP contribution >= 0.6 is 0 Å². The fraction of sp³-hybridized carbons (Fsp3) is 0.300. The lowest BCUT2D eigenvalue weighted by atomic mass is 10.1. The topological polar surface area (TPSA) is 87.6 Å². The first-order valence-electron chi connectivity index (χ1n) is 8.52. The minimum absolute atomic E-state index is 0.316. The molecule has 0 saturated carbocycles. The lowest BCUT2D eigenvalue weighted by Crippen LogP contribution is -2.18. The number of nitrogens with one attached hydrogen (secondary N) is 1. The molecule has 0 fully saturated rings. The second kappa shape index (κ2) is 10.1. The van der Waals surface area contributed by atoms with Gasteiger partial charge in [0.2, 0.25) is 5.75 Å². The van der Waals surface area contributed by atoms with Gasteiger partial charge in [-0.2, -0.15) is 5.10 Å². The average molecular weight is 388 g/mol. The van der Waals surface area contributed by atoms with Gasteiger partial charge in [0.1, 0.15) is 0 Å². The molecular weight excluding hydrogens is 364 g/mol. The van der Waals surface area contributed by atoms with Crippen LogP contribution in [0.3, 0.4) is 0 Å². The number of hydrazone groups is 1. The molecule has 0 bridgehead atoms. The maximum atomic E-state index is 12.4. The molecule has 2 aromatic carbocycles. The molecule has 8 heteroatoms. The Morgan fingerprint density at radius 3 is 2.11 bits per heavy atom. The van der Waals surface area contributed by atoms with Gasteiger partial charge in [-0.3, -0.25) is 4.79 Å². The zero-order valence-corrected chi connectivity index (χ0v) is 16.6. The summed E-state index contributed by atoms with van der Waals surface area (Å²) in [6.45, 7) is 2.43. The van der Waals surface area contributed by atoms with E-state index in [0.717, 1.165) is 5.56 Å². The number of hydrogen-bond acceptors (Lipinski definition) is 7. The van der Waals surface area contributed by atoms with E-state index < -0.39 is 5.91 Å². The normalized spacial score (nSPS) is 10.5. The molecule has 150 valence electrons. The lowest BCUT2D eigenvalue weighted by Gasteiger charge is -2.13. The van der Waals surface area contributed by atoms with Crippen LogP contribution in [0.4, 0.5) is 0 Å². The Morgan fingerprint density at radius 2 is 1.57 bits per heavy atom. The van der Waals surface area contributed by atoms with Crippen LogP contribution in [0.5, 0.6) is 28.7 Å². The van der Waals surface area contributed by atoms with Gasteiger partial charge in [0, 0.05) is 5.56 Å². The van der Waals surface area contributed by atoms with E-state index in [1.54, 1.807) is 31.4 Å². The third-order valence-electron chi connectivity index (χ3n) is 3.79. The number of rotatable bonds is 9. The van der Waals surface area contributed by atoms with E-state index in [0.29, 0.717) is 40.9 Å². The number of ether oxygens (including phenoxy) is 5. The van der Waals surface area contributed by atoms with Crippen LogP contribution in [0, 0.1) is 0 Å². The molecule has 0 aromatic heterocycles. The summed E-state index contributed by atoms with van der Waals surface area (Å²) in [6.07, 6.45) is 1.51. The maximum Gasteiger partial charge on any atom is 0.271 e. The molecule has 28 heavy (non-hydrogen) atoms. The van der Waals surface area contributed by atoms with E-state index in [2.05, 4.69) is 10.5 Å². The van der Waals surface area contributed by atoms with Crippen LogP contribution in [-0.4, -0.2) is 47.2 Å². The predicted octanol–water partition coefficient (Wildman–Crippen LogP) is 2.88. The van der Waals surface area contributed by atoms with E-state index in [1.807, 2.05) is 13.0 Å². The molecule has 0 heterocycles. The number of nitrogens with zero attached hydrogens (tertiary/aromatic N) is 1. The smallest absolute Gasteiger partial charge is 0.271 e. The second-order valence-electron chi connectivity index (χ2n) is 5.46. The van der Waals surface area contributed by atoms with Crippen LogP contribution in [0.15, 0.2) is 35.4 Å². The Hall–Kier alpha value is -3.42. The first kappa shape index (κ1) is 20.9. The molecule has 2 aromatic rings. The molecule has 0 aliphatic heterocycles. The van der Waals surface area contributed by atoms with Gasteiger partial charge in [-0.25, -0.2) is 5.43 Å². The first-order valence-corrected chi connectivity index (χ1v) is 8.52. The van der Waals surface area contributed by atoms with E-state index in [1.165, 1.54) is 27.5 Å². The summed E-state index contributed by atoms with van der Waals surface area (Å²) in [7, 11) is 6.02. The zero-order chi connectivity index (χ0) is 20.5. The Bertz CT molecular complexity index is 826. The van der Waals surface area contributed by atoms with Crippen LogP contribution in [-0.2, 0) is 0 Å². The number of carbonyl (C=O) groups excluding carboxylic acids is 1. The third kappa shape index (κ3) is 4.85. The van der Waals surface area contributed by atoms with Gasteiger partial charge in [-0.1, -0.05) is 0 Å². The fourth-order valence-electron chi connectivity index (χ4n) is 2.48. The lowest BCUT2D eigenvalue weighted by molar-refractivity contribution is 0.0954. The summed E-state index contributed by atoms with van der Waals surface area (Å²) >= 11 is 0. The summed E-state index contributed by atoms with van der Waals surface area (Å²) in [5.41, 5.74) is 3.53. The molecule has 0 aliphatic carbocycles. The summed E-state index contributed by atoms with van der Waals surface area (Å²) in [4.78, 5) is 12.4. The highest BCUT2D eigenvalue weighted by Crippen LogP contribution is 2.38. The highest BCUT2D eigenvalue weighted by atomic mass is 16.5. The van der Waals surface area contributed by atoms with Gasteiger partial charge >= 0.3 is 0 Å². The van der Waals surface area contributed by atoms with Crippen molar-refractivity contribution in [3.8, 4) is 28.7 Å². The van der Waals surface area contributed by atoms with Gasteiger partial charge in [0.15, 0.2) is 23.0 Å². The van der Waals surface area contributed by atoms with Crippen molar-refractivity contribution in [2.75, 3.05) is 35.0 Å². The molecule has 0 aliphatic rings. The molecule has 8 nitrogen and oxygen atoms in total. The number of hydrogen-bond donors (Lipinski definition) is 1. The fourth-order valence-corrected chi connectivity index (χ4v) is 2.48. The quantitative estimate of drug-likeness (QED) is 0.525. The first-order chi connectivity index (χ1) is 13.6. The Labute approximate surface area is 164 Å². The number of carbonyl (C=O) groups is 1. The Morgan fingerprint density at radius 1 is 0.929 bits per heavy atom. The molecular formula is C20H24N2O6. The SMILES string of the molecule is CCOc1ccc(/C=N\NC(=O)c2cc(OC)c(OC)c(OC)c2)cc1OC. The molecule has 0 radical (unpaired) electrons. The predicted molar refractivity (Wildman–Crippen MR) is 105 cm³/mol. The van der Waals surface area contributed by atoms with E-state index >= 15 is 0 Å². The summed E-state index contributed by atoms with van der Waals surface area (Å²) in [6, 6.07) is 8.45. The maximum absolute atomic E-state index is 12.4. The summed E-state index contributed by atoms with van der Waals surface area (Å²) in [5.74, 6) is 1.98. The Balaban J connectivity index is 2.15. The molecule has 0 unspecified atom stereocenters. The van der Waals surface area contributed by atoms with Gasteiger partial charge < -0.3 is 23.7 Å². The summed E-state index contributed by atoms with van der Waals surface area (Å²) in [5, 5.41) is 3.99. The zero-order valence-electron chi connectivity index (χ0n) is 16.6. The molecule has 1 N–H and O–H groups in total. The van der Waals surface area contributed by atoms with Crippen LogP contribution in [0.2, 0.25) is 0 Å². The minimum Gasteiger partial charge on any atom is -0.493 e. The van der Waals surface area contributed by atoms with Crippen LogP contribution < -0.4 is 29.1 Å². The molecule has 0 saturated heterocycles. The number of amides is 1. The minimum atomic E-state index is -0.423. The average Bonchev–Trinajstić information content (AvgIpc) is 2.73. The van der Waals surface area contributed by atoms with Gasteiger partial charge in [0.25, 0.3) is 5.91 Å². The molecule has 0 atom stereocenters. The van der Waals surface area contributed by atoms with Crippen LogP contribution in [0.25, 0.3) is 0 Å². The van der Waals surface area contributed by atoms with Gasteiger partial charge in [0.05, 0.1) is 41.3 Å². The Kier molecular flexibility index (Phi) is 7.50. The van der Waals surface area contributed by atoms with Crippen molar-refractivity contribution in [2.45, 2.75) is 6.92 Å². The highest BCUT2D eigenvalue weighted by Gasteiger charge is 2.16. The van der Waals surface area contributed by atoms with E-state index in [4.69, 9.17) is 23.7 Å². The van der Waals surface area contributed by atoms with Gasteiger partial charge in [-0.15, -0.1) is 0 Å². The van der Waals surface area contributed by atoms with Crippen molar-refractivity contribution < 1.29 is 28.5 Å². The van der Waals surface area contributed by atoms with Crippen molar-refractivity contribution in [1.82, 2.24) is 5.43 Å². The van der Waals surface area contributed by atoms with Crippen LogP contribution in [0.1, 0.15) is 22.8 Å². The van der Waals surface area contributed by atoms with Crippen molar-refractivity contribution in [1.29, 1.82) is 0 Å². The van der Waals surface area contributed by atoms with E-state index in [-0.39, 0.29) is 0 Å². The van der Waals surface area contributed by atoms with Crippen molar-refractivity contribution >= 4 is 12.1 Å². The third-order valence-corrected chi connectivity index (χ3v) is 3.79. The monoisotopic (exact) mass is 388 g/mol. The van der Waals surface area contributed by atoms with E-state index in [9.17, 15) is 4.79 Å². The molecule has 0 spiro atoms. The summed E-state index contributed by atoms with van der Waals surface area (Å²) < 4.78 is 26.5. The van der Waals surface area contributed by atoms with Gasteiger partial charge in [-0.05, 0) is 42.8 Å². The highest BCUT2D eigenvalue weighted by molar-refractivity contribution is 5.96. The van der Waals surface area contributed by atoms with Crippen molar-refractivity contribution in [3.05, 3.63) is 41.5 Å². The number of methoxy groups -OCH3 is 4. The van der Waals surface area contributed by atoms with Crippen molar-refractivity contribution in [2.24, 2.45) is 5.10 Å². The number of benzene rings is 2. The standard InChI is InChI=1S/C20H24N2O6/c1-6-28-15-8-7-13(9-16(15)24-2)12-21-22-20(23)14-10-17(25-3)19(27-5)18(11-14)26-4/h7-12H,6H2,1-5H3,(H,22,23)/b21-12-. The second-order valence-corrected chi connectivity index (χ2v) is 5.46. The largest absolute Gasteiger partial charge is 0.493 e.